The molecule has 0 aliphatic carbocycles. The summed E-state index contributed by atoms with van der Waals surface area (Å²) < 4.78 is 38.9. The molecule has 200 valence electrons. The number of hydrogen-bond acceptors (Lipinski definition) is 5. The molecular formula is C29H25F3N4O2S. The number of likely N-dealkylation sites (tertiary alicyclic amines) is 1. The maximum atomic E-state index is 13.4. The summed E-state index contributed by atoms with van der Waals surface area (Å²) in [5, 5.41) is 5.49. The van der Waals surface area contributed by atoms with Crippen LogP contribution in [0.25, 0.3) is 11.1 Å². The third-order valence-electron chi connectivity index (χ3n) is 6.74. The molecule has 0 spiro atoms. The fourth-order valence-electron chi connectivity index (χ4n) is 4.61. The molecule has 1 N–H and O–H groups in total. The number of halogens is 3. The van der Waals surface area contributed by atoms with Crippen LogP contribution in [0, 0.1) is 0 Å². The number of carbonyl (C=O) groups excluding carboxylic acids is 2. The number of piperidine rings is 1. The highest BCUT2D eigenvalue weighted by molar-refractivity contribution is 7.09. The monoisotopic (exact) mass is 550 g/mol. The van der Waals surface area contributed by atoms with E-state index in [-0.39, 0.29) is 17.7 Å². The second-order valence-corrected chi connectivity index (χ2v) is 10.2. The molecule has 10 heteroatoms. The molecule has 6 nitrogen and oxygen atoms in total. The summed E-state index contributed by atoms with van der Waals surface area (Å²) in [6.45, 7) is 1.41. The van der Waals surface area contributed by atoms with Gasteiger partial charge in [-0.25, -0.2) is 4.98 Å². The van der Waals surface area contributed by atoms with Gasteiger partial charge in [0.25, 0.3) is 11.8 Å². The molecule has 1 saturated heterocycles. The van der Waals surface area contributed by atoms with Crippen LogP contribution in [0.15, 0.2) is 78.4 Å². The van der Waals surface area contributed by atoms with Crippen LogP contribution in [0.1, 0.15) is 55.7 Å². The Morgan fingerprint density at radius 3 is 2.44 bits per heavy atom. The normalized spacial score (nSPS) is 14.3. The lowest BCUT2D eigenvalue weighted by atomic mass is 9.94. The van der Waals surface area contributed by atoms with E-state index in [1.54, 1.807) is 46.9 Å². The zero-order valence-electron chi connectivity index (χ0n) is 20.8. The van der Waals surface area contributed by atoms with Crippen molar-refractivity contribution in [2.75, 3.05) is 13.1 Å². The van der Waals surface area contributed by atoms with Crippen molar-refractivity contribution in [2.45, 2.75) is 31.5 Å². The van der Waals surface area contributed by atoms with Crippen LogP contribution in [0.3, 0.4) is 0 Å². The van der Waals surface area contributed by atoms with Gasteiger partial charge in [-0.1, -0.05) is 36.4 Å². The first kappa shape index (κ1) is 26.6. The topological polar surface area (TPSA) is 75.2 Å². The largest absolute Gasteiger partial charge is 0.416 e. The molecule has 2 amide bonds. The van der Waals surface area contributed by atoms with Crippen molar-refractivity contribution in [3.63, 3.8) is 0 Å². The lowest BCUT2D eigenvalue weighted by molar-refractivity contribution is -0.137. The Hall–Kier alpha value is -4.05. The van der Waals surface area contributed by atoms with Crippen LogP contribution in [-0.4, -0.2) is 39.8 Å². The Morgan fingerprint density at radius 2 is 1.74 bits per heavy atom. The van der Waals surface area contributed by atoms with E-state index in [0.717, 1.165) is 22.7 Å². The van der Waals surface area contributed by atoms with Crippen LogP contribution >= 0.6 is 11.3 Å². The lowest BCUT2D eigenvalue weighted by Gasteiger charge is -2.31. The van der Waals surface area contributed by atoms with Crippen molar-refractivity contribution in [1.29, 1.82) is 0 Å². The Labute approximate surface area is 227 Å². The number of nitrogens with one attached hydrogen (secondary N) is 1. The van der Waals surface area contributed by atoms with E-state index in [0.29, 0.717) is 54.9 Å². The Kier molecular flexibility index (Phi) is 7.74. The zero-order valence-corrected chi connectivity index (χ0v) is 21.6. The number of aromatic nitrogens is 2. The quantitative estimate of drug-likeness (QED) is 0.311. The molecule has 0 bridgehead atoms. The predicted molar refractivity (Wildman–Crippen MR) is 142 cm³/mol. The van der Waals surface area contributed by atoms with Gasteiger partial charge in [0.05, 0.1) is 10.6 Å². The number of alkyl halides is 3. The number of benzene rings is 2. The SMILES string of the molecule is O=C(NCc1cccnc1)c1csc(C2CCN(C(=O)c3ccccc3-c3ccc(C(F)(F)F)cc3)CC2)n1. The van der Waals surface area contributed by atoms with Gasteiger partial charge >= 0.3 is 6.18 Å². The average Bonchev–Trinajstić information content (AvgIpc) is 3.46. The summed E-state index contributed by atoms with van der Waals surface area (Å²) in [6, 6.07) is 15.5. The molecule has 39 heavy (non-hydrogen) atoms. The predicted octanol–water partition coefficient (Wildman–Crippen LogP) is 6.17. The standard InChI is InChI=1S/C29H25F3N4O2S/c30-29(31,32)22-9-7-20(8-10-22)23-5-1-2-6-24(23)28(38)36-14-11-21(12-15-36)27-35-25(18-39-27)26(37)34-17-19-4-3-13-33-16-19/h1-10,13,16,18,21H,11-12,14-15,17H2,(H,34,37). The molecule has 0 atom stereocenters. The first-order chi connectivity index (χ1) is 18.8. The van der Waals surface area contributed by atoms with E-state index >= 15 is 0 Å². The highest BCUT2D eigenvalue weighted by Crippen LogP contribution is 2.34. The molecule has 4 aromatic rings. The Bertz CT molecular complexity index is 1450. The van der Waals surface area contributed by atoms with Gasteiger partial charge in [0, 0.05) is 48.9 Å². The number of hydrogen-bond donors (Lipinski definition) is 1. The van der Waals surface area contributed by atoms with E-state index in [4.69, 9.17) is 0 Å². The van der Waals surface area contributed by atoms with Crippen molar-refractivity contribution in [2.24, 2.45) is 0 Å². The van der Waals surface area contributed by atoms with Crippen molar-refractivity contribution < 1.29 is 22.8 Å². The summed E-state index contributed by atoms with van der Waals surface area (Å²) in [4.78, 5) is 36.3. The van der Waals surface area contributed by atoms with Crippen molar-refractivity contribution in [3.05, 3.63) is 106 Å². The van der Waals surface area contributed by atoms with Crippen LogP contribution < -0.4 is 5.32 Å². The summed E-state index contributed by atoms with van der Waals surface area (Å²) in [6.07, 6.45) is 0.371. The van der Waals surface area contributed by atoms with Crippen molar-refractivity contribution in [1.82, 2.24) is 20.2 Å². The van der Waals surface area contributed by atoms with E-state index in [2.05, 4.69) is 15.3 Å². The van der Waals surface area contributed by atoms with E-state index in [1.807, 2.05) is 12.1 Å². The van der Waals surface area contributed by atoms with Gasteiger partial charge in [-0.15, -0.1) is 11.3 Å². The molecule has 0 unspecified atom stereocenters. The van der Waals surface area contributed by atoms with Crippen LogP contribution in [0.4, 0.5) is 13.2 Å². The number of carbonyl (C=O) groups is 2. The van der Waals surface area contributed by atoms with Crippen LogP contribution in [-0.2, 0) is 12.7 Å². The van der Waals surface area contributed by atoms with Gasteiger partial charge in [-0.05, 0) is 53.8 Å². The number of pyridine rings is 1. The zero-order chi connectivity index (χ0) is 27.4. The maximum Gasteiger partial charge on any atom is 0.416 e. The highest BCUT2D eigenvalue weighted by atomic mass is 32.1. The molecule has 1 aliphatic rings. The first-order valence-corrected chi connectivity index (χ1v) is 13.4. The molecule has 3 heterocycles. The summed E-state index contributed by atoms with van der Waals surface area (Å²) >= 11 is 1.45. The molecule has 0 saturated carbocycles. The molecular weight excluding hydrogens is 525 g/mol. The summed E-state index contributed by atoms with van der Waals surface area (Å²) in [5.74, 6) is -0.253. The van der Waals surface area contributed by atoms with Crippen molar-refractivity contribution in [3.8, 4) is 11.1 Å². The molecule has 2 aromatic heterocycles. The number of amides is 2. The summed E-state index contributed by atoms with van der Waals surface area (Å²) in [7, 11) is 0. The van der Waals surface area contributed by atoms with Crippen molar-refractivity contribution >= 4 is 23.2 Å². The number of nitrogens with zero attached hydrogens (tertiary/aromatic N) is 3. The summed E-state index contributed by atoms with van der Waals surface area (Å²) in [5.41, 5.74) is 2.16. The molecule has 5 rings (SSSR count). The minimum atomic E-state index is -4.42. The number of rotatable bonds is 6. The van der Waals surface area contributed by atoms with E-state index < -0.39 is 11.7 Å². The van der Waals surface area contributed by atoms with Gasteiger partial charge < -0.3 is 10.2 Å². The van der Waals surface area contributed by atoms with Gasteiger partial charge in [0.1, 0.15) is 5.69 Å². The van der Waals surface area contributed by atoms with Gasteiger partial charge in [-0.2, -0.15) is 13.2 Å². The molecule has 1 aliphatic heterocycles. The molecule has 1 fully saturated rings. The Balaban J connectivity index is 1.21. The third kappa shape index (κ3) is 6.17. The average molecular weight is 551 g/mol. The number of thiazole rings is 1. The van der Waals surface area contributed by atoms with E-state index in [9.17, 15) is 22.8 Å². The second-order valence-electron chi connectivity index (χ2n) is 9.30. The highest BCUT2D eigenvalue weighted by Gasteiger charge is 2.31. The maximum absolute atomic E-state index is 13.4. The van der Waals surface area contributed by atoms with Gasteiger partial charge in [0.15, 0.2) is 0 Å². The van der Waals surface area contributed by atoms with E-state index in [1.165, 1.54) is 23.5 Å². The minimum Gasteiger partial charge on any atom is -0.347 e. The third-order valence-corrected chi connectivity index (χ3v) is 7.75. The fourth-order valence-corrected chi connectivity index (χ4v) is 5.59. The first-order valence-electron chi connectivity index (χ1n) is 12.5. The van der Waals surface area contributed by atoms with Crippen LogP contribution in [0.5, 0.6) is 0 Å². The lowest BCUT2D eigenvalue weighted by Crippen LogP contribution is -2.38. The van der Waals surface area contributed by atoms with Gasteiger partial charge in [0.2, 0.25) is 0 Å². The molecule has 0 radical (unpaired) electrons. The smallest absolute Gasteiger partial charge is 0.347 e. The fraction of sp³-hybridized carbons (Fsp3) is 0.241. The second kappa shape index (κ2) is 11.4. The Morgan fingerprint density at radius 1 is 1.00 bits per heavy atom. The van der Waals surface area contributed by atoms with Crippen LogP contribution in [0.2, 0.25) is 0 Å². The molecule has 2 aromatic carbocycles. The minimum absolute atomic E-state index is 0.143. The van der Waals surface area contributed by atoms with Gasteiger partial charge in [-0.3, -0.25) is 14.6 Å².